The molecule has 5 heteroatoms. The van der Waals surface area contributed by atoms with Crippen LogP contribution in [-0.4, -0.2) is 24.7 Å². The monoisotopic (exact) mass is 295 g/mol. The summed E-state index contributed by atoms with van der Waals surface area (Å²) in [4.78, 5) is 24.3. The van der Waals surface area contributed by atoms with Crippen molar-refractivity contribution in [3.05, 3.63) is 29.8 Å². The SMILES string of the molecule is COc1ccccc1C1(NC(=O)CCl)CCCCC1=O. The predicted octanol–water partition coefficient (Wildman–Crippen LogP) is 2.39. The van der Waals surface area contributed by atoms with Gasteiger partial charge in [-0.05, 0) is 25.3 Å². The third-order valence-corrected chi connectivity index (χ3v) is 3.97. The van der Waals surface area contributed by atoms with Crippen molar-refractivity contribution < 1.29 is 14.3 Å². The van der Waals surface area contributed by atoms with Crippen molar-refractivity contribution in [1.82, 2.24) is 5.32 Å². The van der Waals surface area contributed by atoms with Gasteiger partial charge in [-0.3, -0.25) is 9.59 Å². The molecule has 0 saturated heterocycles. The fraction of sp³-hybridized carbons (Fsp3) is 0.467. The number of carbonyl (C=O) groups is 2. The summed E-state index contributed by atoms with van der Waals surface area (Å²) in [5.41, 5.74) is -0.290. The average Bonchev–Trinajstić information content (AvgIpc) is 2.49. The number of carbonyl (C=O) groups excluding carboxylic acids is 2. The van der Waals surface area contributed by atoms with Gasteiger partial charge in [0.05, 0.1) is 7.11 Å². The van der Waals surface area contributed by atoms with Gasteiger partial charge in [-0.15, -0.1) is 11.6 Å². The number of methoxy groups -OCH3 is 1. The van der Waals surface area contributed by atoms with Gasteiger partial charge >= 0.3 is 0 Å². The minimum atomic E-state index is -1.00. The first-order valence-electron chi connectivity index (χ1n) is 6.68. The highest BCUT2D eigenvalue weighted by Gasteiger charge is 2.44. The summed E-state index contributed by atoms with van der Waals surface area (Å²) in [6.07, 6.45) is 2.77. The molecule has 0 spiro atoms. The third-order valence-electron chi connectivity index (χ3n) is 3.72. The van der Waals surface area contributed by atoms with E-state index in [1.165, 1.54) is 0 Å². The number of rotatable bonds is 4. The molecular weight excluding hydrogens is 278 g/mol. The molecule has 0 aliphatic heterocycles. The van der Waals surface area contributed by atoms with E-state index in [2.05, 4.69) is 5.32 Å². The molecule has 1 amide bonds. The molecule has 0 bridgehead atoms. The summed E-state index contributed by atoms with van der Waals surface area (Å²) in [7, 11) is 1.56. The minimum absolute atomic E-state index is 0.0201. The maximum atomic E-state index is 12.5. The molecule has 2 rings (SSSR count). The van der Waals surface area contributed by atoms with E-state index in [-0.39, 0.29) is 17.6 Å². The first kappa shape index (κ1) is 14.9. The average molecular weight is 296 g/mol. The zero-order valence-electron chi connectivity index (χ0n) is 11.4. The summed E-state index contributed by atoms with van der Waals surface area (Å²) in [5, 5.41) is 2.82. The van der Waals surface area contributed by atoms with Gasteiger partial charge in [0.1, 0.15) is 17.2 Å². The van der Waals surface area contributed by atoms with Crippen LogP contribution in [0.15, 0.2) is 24.3 Å². The topological polar surface area (TPSA) is 55.4 Å². The Morgan fingerprint density at radius 1 is 1.40 bits per heavy atom. The van der Waals surface area contributed by atoms with E-state index in [0.29, 0.717) is 24.2 Å². The quantitative estimate of drug-likeness (QED) is 0.868. The zero-order chi connectivity index (χ0) is 14.6. The second-order valence-corrected chi connectivity index (χ2v) is 5.18. The zero-order valence-corrected chi connectivity index (χ0v) is 12.2. The van der Waals surface area contributed by atoms with Gasteiger partial charge in [0.15, 0.2) is 5.78 Å². The molecule has 20 heavy (non-hydrogen) atoms. The van der Waals surface area contributed by atoms with E-state index in [4.69, 9.17) is 16.3 Å². The van der Waals surface area contributed by atoms with E-state index < -0.39 is 5.54 Å². The Bertz CT molecular complexity index is 518. The van der Waals surface area contributed by atoms with Crippen LogP contribution in [0.2, 0.25) is 0 Å². The lowest BCUT2D eigenvalue weighted by molar-refractivity contribution is -0.133. The van der Waals surface area contributed by atoms with Crippen molar-refractivity contribution in [2.45, 2.75) is 31.2 Å². The Morgan fingerprint density at radius 3 is 2.80 bits per heavy atom. The number of ether oxygens (including phenoxy) is 1. The number of halogens is 1. The van der Waals surface area contributed by atoms with E-state index in [9.17, 15) is 9.59 Å². The fourth-order valence-electron chi connectivity index (χ4n) is 2.78. The van der Waals surface area contributed by atoms with Crippen molar-refractivity contribution in [3.63, 3.8) is 0 Å². The van der Waals surface area contributed by atoms with Crippen molar-refractivity contribution in [2.24, 2.45) is 0 Å². The molecule has 0 aromatic heterocycles. The van der Waals surface area contributed by atoms with E-state index >= 15 is 0 Å². The van der Waals surface area contributed by atoms with Crippen LogP contribution in [0, 0.1) is 0 Å². The Kier molecular flexibility index (Phi) is 4.65. The molecule has 0 radical (unpaired) electrons. The largest absolute Gasteiger partial charge is 0.496 e. The van der Waals surface area contributed by atoms with E-state index in [1.807, 2.05) is 18.2 Å². The van der Waals surface area contributed by atoms with Crippen LogP contribution >= 0.6 is 11.6 Å². The lowest BCUT2D eigenvalue weighted by Gasteiger charge is -2.37. The minimum Gasteiger partial charge on any atom is -0.496 e. The summed E-state index contributed by atoms with van der Waals surface area (Å²) in [6.45, 7) is 0. The van der Waals surface area contributed by atoms with Gasteiger partial charge in [-0.1, -0.05) is 18.2 Å². The molecule has 0 heterocycles. The first-order valence-corrected chi connectivity index (χ1v) is 7.21. The second kappa shape index (κ2) is 6.27. The number of ketones is 1. The molecule has 1 aromatic carbocycles. The Balaban J connectivity index is 2.50. The third kappa shape index (κ3) is 2.66. The van der Waals surface area contributed by atoms with Crippen LogP contribution < -0.4 is 10.1 Å². The van der Waals surface area contributed by atoms with Crippen LogP contribution in [0.1, 0.15) is 31.2 Å². The van der Waals surface area contributed by atoms with Gasteiger partial charge in [-0.25, -0.2) is 0 Å². The summed E-state index contributed by atoms with van der Waals surface area (Å²) < 4.78 is 5.35. The molecule has 1 unspecified atom stereocenters. The van der Waals surface area contributed by atoms with Gasteiger partial charge in [0.25, 0.3) is 0 Å². The maximum absolute atomic E-state index is 12.5. The smallest absolute Gasteiger partial charge is 0.235 e. The van der Waals surface area contributed by atoms with Gasteiger partial charge in [0.2, 0.25) is 5.91 Å². The molecule has 1 N–H and O–H groups in total. The number of benzene rings is 1. The molecule has 1 aliphatic rings. The van der Waals surface area contributed by atoms with Gasteiger partial charge in [-0.2, -0.15) is 0 Å². The Hall–Kier alpha value is -1.55. The van der Waals surface area contributed by atoms with Crippen LogP contribution in [0.4, 0.5) is 0 Å². The van der Waals surface area contributed by atoms with Gasteiger partial charge in [0, 0.05) is 12.0 Å². The van der Waals surface area contributed by atoms with Crippen LogP contribution in [0.3, 0.4) is 0 Å². The predicted molar refractivity (Wildman–Crippen MR) is 77.0 cm³/mol. The molecule has 1 aromatic rings. The van der Waals surface area contributed by atoms with Crippen LogP contribution in [0.25, 0.3) is 0 Å². The van der Waals surface area contributed by atoms with Crippen LogP contribution in [-0.2, 0) is 15.1 Å². The second-order valence-electron chi connectivity index (χ2n) is 4.92. The highest BCUT2D eigenvalue weighted by Crippen LogP contribution is 2.39. The molecule has 1 saturated carbocycles. The lowest BCUT2D eigenvalue weighted by atomic mass is 9.75. The number of Topliss-reactive ketones (excluding diaryl/α,β-unsaturated/α-hetero) is 1. The summed E-state index contributed by atoms with van der Waals surface area (Å²) >= 11 is 5.59. The Labute approximate surface area is 123 Å². The van der Waals surface area contributed by atoms with Crippen molar-refractivity contribution in [2.75, 3.05) is 13.0 Å². The molecule has 1 aliphatic carbocycles. The number of hydrogen-bond acceptors (Lipinski definition) is 3. The molecule has 1 fully saturated rings. The van der Waals surface area contributed by atoms with E-state index in [0.717, 1.165) is 12.8 Å². The summed E-state index contributed by atoms with van der Waals surface area (Å²) in [6, 6.07) is 7.31. The van der Waals surface area contributed by atoms with Crippen LogP contribution in [0.5, 0.6) is 5.75 Å². The first-order chi connectivity index (χ1) is 9.64. The number of hydrogen-bond donors (Lipinski definition) is 1. The van der Waals surface area contributed by atoms with Crippen molar-refractivity contribution >= 4 is 23.3 Å². The fourth-order valence-corrected chi connectivity index (χ4v) is 2.85. The normalized spacial score (nSPS) is 22.4. The highest BCUT2D eigenvalue weighted by molar-refractivity contribution is 6.27. The van der Waals surface area contributed by atoms with Crippen molar-refractivity contribution in [1.29, 1.82) is 0 Å². The number of nitrogens with one attached hydrogen (secondary N) is 1. The highest BCUT2D eigenvalue weighted by atomic mass is 35.5. The molecule has 108 valence electrons. The Morgan fingerprint density at radius 2 is 2.15 bits per heavy atom. The number of amides is 1. The number of para-hydroxylation sites is 1. The standard InChI is InChI=1S/C15H18ClNO3/c1-20-12-7-3-2-6-11(12)15(17-14(19)10-16)9-5-4-8-13(15)18/h2-3,6-7H,4-5,8-10H2,1H3,(H,17,19). The van der Waals surface area contributed by atoms with Gasteiger partial charge < -0.3 is 10.1 Å². The molecular formula is C15H18ClNO3. The molecule has 4 nitrogen and oxygen atoms in total. The lowest BCUT2D eigenvalue weighted by Crippen LogP contribution is -2.53. The van der Waals surface area contributed by atoms with E-state index in [1.54, 1.807) is 13.2 Å². The van der Waals surface area contributed by atoms with Crippen molar-refractivity contribution in [3.8, 4) is 5.75 Å². The maximum Gasteiger partial charge on any atom is 0.235 e. The number of alkyl halides is 1. The molecule has 1 atom stereocenters. The summed E-state index contributed by atoms with van der Waals surface area (Å²) in [5.74, 6) is 0.127.